The summed E-state index contributed by atoms with van der Waals surface area (Å²) in [6.45, 7) is 7.21. The summed E-state index contributed by atoms with van der Waals surface area (Å²) < 4.78 is 0. The number of rotatable bonds is 4. The Bertz CT molecular complexity index is 275. The minimum Gasteiger partial charge on any atom is -0.383 e. The normalized spacial score (nSPS) is 12.4. The van der Waals surface area contributed by atoms with Crippen LogP contribution in [0.3, 0.4) is 0 Å². The Balaban J connectivity index is 2.89. The van der Waals surface area contributed by atoms with Crippen LogP contribution in [0.4, 0.5) is 0 Å². The van der Waals surface area contributed by atoms with E-state index in [2.05, 4.69) is 13.2 Å². The van der Waals surface area contributed by atoms with Crippen molar-refractivity contribution in [3.05, 3.63) is 47.2 Å². The van der Waals surface area contributed by atoms with Crippen molar-refractivity contribution in [1.82, 2.24) is 0 Å². The summed E-state index contributed by atoms with van der Waals surface area (Å²) in [4.78, 5) is 0.977. The van der Waals surface area contributed by atoms with Gasteiger partial charge in [0.25, 0.3) is 0 Å². The Morgan fingerprint density at radius 1 is 1.58 bits per heavy atom. The topological polar surface area (TPSA) is 20.2 Å². The third-order valence-corrected chi connectivity index (χ3v) is 2.67. The number of aliphatic hydroxyl groups is 1. The molecule has 0 aromatic carbocycles. The maximum atomic E-state index is 9.48. The molecule has 1 unspecified atom stereocenters. The maximum absolute atomic E-state index is 9.48. The van der Waals surface area contributed by atoms with Crippen LogP contribution in [0.1, 0.15) is 16.5 Å². The summed E-state index contributed by atoms with van der Waals surface area (Å²) in [5.41, 5.74) is 1.14. The van der Waals surface area contributed by atoms with Gasteiger partial charge in [-0.05, 0) is 23.4 Å². The van der Waals surface area contributed by atoms with Gasteiger partial charge in [0, 0.05) is 4.88 Å². The van der Waals surface area contributed by atoms with E-state index in [-0.39, 0.29) is 0 Å². The van der Waals surface area contributed by atoms with E-state index < -0.39 is 6.10 Å². The first-order valence-electron chi connectivity index (χ1n) is 3.77. The average Bonchev–Trinajstić information content (AvgIpc) is 2.52. The van der Waals surface area contributed by atoms with Gasteiger partial charge >= 0.3 is 0 Å². The number of aliphatic hydroxyl groups excluding tert-OH is 1. The van der Waals surface area contributed by atoms with Gasteiger partial charge in [-0.3, -0.25) is 0 Å². The van der Waals surface area contributed by atoms with Crippen LogP contribution in [0.25, 0.3) is 0 Å². The molecule has 1 heterocycles. The lowest BCUT2D eigenvalue weighted by Crippen LogP contribution is -1.92. The second-order valence-electron chi connectivity index (χ2n) is 2.48. The zero-order valence-corrected chi connectivity index (χ0v) is 7.68. The zero-order chi connectivity index (χ0) is 8.97. The Kier molecular flexibility index (Phi) is 3.26. The molecular formula is C10H12OS. The summed E-state index contributed by atoms with van der Waals surface area (Å²) in [6.07, 6.45) is 3.66. The highest BCUT2D eigenvalue weighted by Crippen LogP contribution is 2.25. The van der Waals surface area contributed by atoms with Gasteiger partial charge in [0.2, 0.25) is 0 Å². The van der Waals surface area contributed by atoms with E-state index in [0.29, 0.717) is 0 Å². The second kappa shape index (κ2) is 4.24. The highest BCUT2D eigenvalue weighted by atomic mass is 32.1. The predicted molar refractivity (Wildman–Crippen MR) is 53.4 cm³/mol. The van der Waals surface area contributed by atoms with Crippen molar-refractivity contribution in [2.75, 3.05) is 0 Å². The third kappa shape index (κ3) is 1.84. The van der Waals surface area contributed by atoms with Crippen molar-refractivity contribution in [3.8, 4) is 0 Å². The van der Waals surface area contributed by atoms with Gasteiger partial charge in [-0.2, -0.15) is 0 Å². The minimum atomic E-state index is -0.528. The van der Waals surface area contributed by atoms with Crippen LogP contribution in [-0.2, 0) is 6.42 Å². The molecular weight excluding hydrogens is 168 g/mol. The van der Waals surface area contributed by atoms with Gasteiger partial charge in [-0.25, -0.2) is 0 Å². The third-order valence-electron chi connectivity index (χ3n) is 1.64. The van der Waals surface area contributed by atoms with Crippen molar-refractivity contribution < 1.29 is 5.11 Å². The molecule has 0 aliphatic carbocycles. The largest absolute Gasteiger partial charge is 0.383 e. The molecule has 0 bridgehead atoms. The summed E-state index contributed by atoms with van der Waals surface area (Å²) in [6, 6.07) is 2.01. The molecule has 1 aromatic heterocycles. The molecule has 0 aliphatic heterocycles. The Morgan fingerprint density at radius 3 is 2.92 bits per heavy atom. The molecule has 64 valence electrons. The lowest BCUT2D eigenvalue weighted by atomic mass is 10.1. The van der Waals surface area contributed by atoms with Crippen molar-refractivity contribution >= 4 is 11.3 Å². The molecule has 0 saturated carbocycles. The highest BCUT2D eigenvalue weighted by molar-refractivity contribution is 7.10. The number of thiophene rings is 1. The second-order valence-corrected chi connectivity index (χ2v) is 3.43. The molecule has 2 heteroatoms. The summed E-state index contributed by atoms with van der Waals surface area (Å²) in [5.74, 6) is 0. The Labute approximate surface area is 76.7 Å². The quantitative estimate of drug-likeness (QED) is 0.706. The van der Waals surface area contributed by atoms with E-state index in [9.17, 15) is 5.11 Å². The maximum Gasteiger partial charge on any atom is 0.106 e. The first-order chi connectivity index (χ1) is 5.79. The Morgan fingerprint density at radius 2 is 2.33 bits per heavy atom. The minimum absolute atomic E-state index is 0.528. The van der Waals surface area contributed by atoms with Gasteiger partial charge in [0.15, 0.2) is 0 Å². The van der Waals surface area contributed by atoms with Gasteiger partial charge in [0.05, 0.1) is 0 Å². The SMILES string of the molecule is C=CCc1ccsc1C(O)C=C. The molecule has 0 spiro atoms. The van der Waals surface area contributed by atoms with Crippen molar-refractivity contribution in [2.45, 2.75) is 12.5 Å². The van der Waals surface area contributed by atoms with Crippen LogP contribution >= 0.6 is 11.3 Å². The summed E-state index contributed by atoms with van der Waals surface area (Å²) in [5, 5.41) is 11.5. The van der Waals surface area contributed by atoms with Crippen LogP contribution in [0.2, 0.25) is 0 Å². The van der Waals surface area contributed by atoms with Crippen LogP contribution in [-0.4, -0.2) is 5.11 Å². The van der Waals surface area contributed by atoms with Crippen LogP contribution < -0.4 is 0 Å². The first-order valence-corrected chi connectivity index (χ1v) is 4.65. The van der Waals surface area contributed by atoms with E-state index in [1.807, 2.05) is 17.5 Å². The molecule has 0 radical (unpaired) electrons. The van der Waals surface area contributed by atoms with Crippen LogP contribution in [0.5, 0.6) is 0 Å². The molecule has 1 atom stereocenters. The summed E-state index contributed by atoms with van der Waals surface area (Å²) >= 11 is 1.55. The number of hydrogen-bond donors (Lipinski definition) is 1. The molecule has 0 saturated heterocycles. The lowest BCUT2D eigenvalue weighted by Gasteiger charge is -2.04. The fourth-order valence-electron chi connectivity index (χ4n) is 1.04. The van der Waals surface area contributed by atoms with E-state index in [4.69, 9.17) is 0 Å². The van der Waals surface area contributed by atoms with Crippen molar-refractivity contribution in [1.29, 1.82) is 0 Å². The Hall–Kier alpha value is -0.860. The summed E-state index contributed by atoms with van der Waals surface area (Å²) in [7, 11) is 0. The number of hydrogen-bond acceptors (Lipinski definition) is 2. The van der Waals surface area contributed by atoms with Crippen LogP contribution in [0, 0.1) is 0 Å². The molecule has 1 aromatic rings. The fourth-order valence-corrected chi connectivity index (χ4v) is 1.96. The highest BCUT2D eigenvalue weighted by Gasteiger charge is 2.08. The molecule has 12 heavy (non-hydrogen) atoms. The average molecular weight is 180 g/mol. The zero-order valence-electron chi connectivity index (χ0n) is 6.86. The van der Waals surface area contributed by atoms with Crippen LogP contribution in [0.15, 0.2) is 36.8 Å². The van der Waals surface area contributed by atoms with Gasteiger partial charge in [0.1, 0.15) is 6.10 Å². The van der Waals surface area contributed by atoms with E-state index in [1.54, 1.807) is 17.4 Å². The van der Waals surface area contributed by atoms with Gasteiger partial charge in [-0.1, -0.05) is 12.2 Å². The van der Waals surface area contributed by atoms with Crippen molar-refractivity contribution in [2.24, 2.45) is 0 Å². The van der Waals surface area contributed by atoms with Gasteiger partial charge < -0.3 is 5.11 Å². The fraction of sp³-hybridized carbons (Fsp3) is 0.200. The predicted octanol–water partition coefficient (Wildman–Crippen LogP) is 2.70. The monoisotopic (exact) mass is 180 g/mol. The van der Waals surface area contributed by atoms with Gasteiger partial charge in [-0.15, -0.1) is 24.5 Å². The van der Waals surface area contributed by atoms with E-state index >= 15 is 0 Å². The smallest absolute Gasteiger partial charge is 0.106 e. The molecule has 1 N–H and O–H groups in total. The molecule has 1 rings (SSSR count). The van der Waals surface area contributed by atoms with E-state index in [0.717, 1.165) is 16.9 Å². The first kappa shape index (κ1) is 9.23. The van der Waals surface area contributed by atoms with E-state index in [1.165, 1.54) is 0 Å². The molecule has 0 aliphatic rings. The standard InChI is InChI=1S/C10H12OS/c1-3-5-8-6-7-12-10(8)9(11)4-2/h3-4,6-7,9,11H,1-2,5H2. The number of allylic oxidation sites excluding steroid dienone is 1. The molecule has 1 nitrogen and oxygen atoms in total. The lowest BCUT2D eigenvalue weighted by molar-refractivity contribution is 0.232. The van der Waals surface area contributed by atoms with Crippen molar-refractivity contribution in [3.63, 3.8) is 0 Å². The molecule has 0 amide bonds. The molecule has 0 fully saturated rings.